The van der Waals surface area contributed by atoms with Crippen molar-refractivity contribution in [3.8, 4) is 5.75 Å². The second-order valence-electron chi connectivity index (χ2n) is 6.71. The zero-order valence-corrected chi connectivity index (χ0v) is 16.0. The smallest absolute Gasteiger partial charge is 0.418 e. The molecule has 160 valence electrons. The van der Waals surface area contributed by atoms with Crippen LogP contribution in [0.4, 0.5) is 23.2 Å². The molecule has 0 aliphatic carbocycles. The Bertz CT molecular complexity index is 970. The molecule has 2 N–H and O–H groups in total. The number of carbonyl (C=O) groups is 2. The summed E-state index contributed by atoms with van der Waals surface area (Å²) in [6.45, 7) is 0.425. The van der Waals surface area contributed by atoms with Crippen molar-refractivity contribution in [2.24, 2.45) is 0 Å². The van der Waals surface area contributed by atoms with Gasteiger partial charge in [0.05, 0.1) is 18.2 Å². The first-order chi connectivity index (χ1) is 14.1. The van der Waals surface area contributed by atoms with Gasteiger partial charge in [-0.25, -0.2) is 4.39 Å². The summed E-state index contributed by atoms with van der Waals surface area (Å²) >= 11 is 0. The average molecular weight is 425 g/mol. The molecule has 1 heterocycles. The number of nitrogens with two attached hydrogens (primary N) is 1. The number of nitrogens with zero attached hydrogens (tertiary/aromatic N) is 2. The lowest BCUT2D eigenvalue weighted by Gasteiger charge is -2.35. The number of rotatable bonds is 3. The van der Waals surface area contributed by atoms with Gasteiger partial charge in [0.25, 0.3) is 11.8 Å². The number of alkyl halides is 3. The zero-order chi connectivity index (χ0) is 22.1. The van der Waals surface area contributed by atoms with Crippen LogP contribution in [0.1, 0.15) is 26.3 Å². The fourth-order valence-electron chi connectivity index (χ4n) is 3.23. The Kier molecular flexibility index (Phi) is 5.86. The minimum Gasteiger partial charge on any atom is -0.494 e. The summed E-state index contributed by atoms with van der Waals surface area (Å²) in [7, 11) is 1.29. The largest absolute Gasteiger partial charge is 0.494 e. The van der Waals surface area contributed by atoms with Crippen LogP contribution < -0.4 is 10.5 Å². The van der Waals surface area contributed by atoms with Crippen LogP contribution in [-0.2, 0) is 6.18 Å². The number of halogens is 4. The maximum atomic E-state index is 14.3. The SMILES string of the molecule is COc1cccc(C(=O)N2CCN(C(=O)c3ccc(N)c(C(F)(F)F)c3)CC2)c1F. The van der Waals surface area contributed by atoms with E-state index in [1.807, 2.05) is 0 Å². The van der Waals surface area contributed by atoms with Gasteiger partial charge < -0.3 is 20.3 Å². The third kappa shape index (κ3) is 4.17. The van der Waals surface area contributed by atoms with Crippen molar-refractivity contribution < 1.29 is 31.9 Å². The quantitative estimate of drug-likeness (QED) is 0.606. The standard InChI is InChI=1S/C20H19F4N3O3/c1-30-16-4-2-3-13(17(16)21)19(29)27-9-7-26(8-10-27)18(28)12-5-6-15(25)14(11-12)20(22,23)24/h2-6,11H,7-10,25H2,1H3. The average Bonchev–Trinajstić information content (AvgIpc) is 2.72. The van der Waals surface area contributed by atoms with E-state index < -0.39 is 35.1 Å². The topological polar surface area (TPSA) is 75.9 Å². The number of amides is 2. The Morgan fingerprint density at radius 2 is 1.60 bits per heavy atom. The first kappa shape index (κ1) is 21.4. The van der Waals surface area contributed by atoms with Crippen molar-refractivity contribution in [2.75, 3.05) is 39.0 Å². The highest BCUT2D eigenvalue weighted by atomic mass is 19.4. The Hall–Kier alpha value is -3.30. The summed E-state index contributed by atoms with van der Waals surface area (Å²) in [5.74, 6) is -1.98. The van der Waals surface area contributed by atoms with Crippen LogP contribution in [0.3, 0.4) is 0 Å². The highest BCUT2D eigenvalue weighted by Gasteiger charge is 2.34. The molecular weight excluding hydrogens is 406 g/mol. The normalized spacial score (nSPS) is 14.6. The predicted octanol–water partition coefficient (Wildman–Crippen LogP) is 3.03. The van der Waals surface area contributed by atoms with Crippen LogP contribution >= 0.6 is 0 Å². The van der Waals surface area contributed by atoms with E-state index in [4.69, 9.17) is 10.5 Å². The molecule has 0 spiro atoms. The van der Waals surface area contributed by atoms with Gasteiger partial charge in [-0.05, 0) is 30.3 Å². The molecule has 1 aliphatic heterocycles. The predicted molar refractivity (Wildman–Crippen MR) is 101 cm³/mol. The van der Waals surface area contributed by atoms with Gasteiger partial charge in [0.1, 0.15) is 0 Å². The van der Waals surface area contributed by atoms with Crippen molar-refractivity contribution in [3.63, 3.8) is 0 Å². The van der Waals surface area contributed by atoms with E-state index in [0.717, 1.165) is 12.1 Å². The minimum absolute atomic E-state index is 0.0570. The van der Waals surface area contributed by atoms with Crippen molar-refractivity contribution in [1.29, 1.82) is 0 Å². The number of piperazine rings is 1. The van der Waals surface area contributed by atoms with E-state index in [1.165, 1.54) is 41.2 Å². The van der Waals surface area contributed by atoms with Gasteiger partial charge in [-0.15, -0.1) is 0 Å². The van der Waals surface area contributed by atoms with Gasteiger partial charge >= 0.3 is 6.18 Å². The second kappa shape index (κ2) is 8.21. The Morgan fingerprint density at radius 1 is 1.00 bits per heavy atom. The maximum Gasteiger partial charge on any atom is 0.418 e. The molecule has 0 unspecified atom stereocenters. The molecule has 0 radical (unpaired) electrons. The molecule has 1 fully saturated rings. The molecule has 2 amide bonds. The third-order valence-electron chi connectivity index (χ3n) is 4.87. The number of hydrogen-bond donors (Lipinski definition) is 1. The third-order valence-corrected chi connectivity index (χ3v) is 4.87. The van der Waals surface area contributed by atoms with Gasteiger partial charge in [0.15, 0.2) is 11.6 Å². The maximum absolute atomic E-state index is 14.3. The monoisotopic (exact) mass is 425 g/mol. The number of methoxy groups -OCH3 is 1. The van der Waals surface area contributed by atoms with Crippen molar-refractivity contribution in [2.45, 2.75) is 6.18 Å². The van der Waals surface area contributed by atoms with E-state index >= 15 is 0 Å². The molecule has 0 saturated carbocycles. The zero-order valence-electron chi connectivity index (χ0n) is 16.0. The molecule has 0 bridgehead atoms. The summed E-state index contributed by atoms with van der Waals surface area (Å²) in [5, 5.41) is 0. The summed E-state index contributed by atoms with van der Waals surface area (Å²) in [5.41, 5.74) is 3.53. The highest BCUT2D eigenvalue weighted by molar-refractivity contribution is 5.96. The number of carbonyl (C=O) groups excluding carboxylic acids is 2. The molecule has 0 aromatic heterocycles. The van der Waals surface area contributed by atoms with Crippen molar-refractivity contribution >= 4 is 17.5 Å². The molecular formula is C20H19F4N3O3. The van der Waals surface area contributed by atoms with Crippen LogP contribution in [-0.4, -0.2) is 54.9 Å². The Labute approximate surface area is 169 Å². The fraction of sp³-hybridized carbons (Fsp3) is 0.300. The summed E-state index contributed by atoms with van der Waals surface area (Å²) < 4.78 is 58.3. The summed E-state index contributed by atoms with van der Waals surface area (Å²) in [6, 6.07) is 7.22. The van der Waals surface area contributed by atoms with Crippen molar-refractivity contribution in [1.82, 2.24) is 9.80 Å². The molecule has 30 heavy (non-hydrogen) atoms. The van der Waals surface area contributed by atoms with Gasteiger partial charge in [0.2, 0.25) is 0 Å². The Morgan fingerprint density at radius 3 is 2.17 bits per heavy atom. The molecule has 6 nitrogen and oxygen atoms in total. The first-order valence-corrected chi connectivity index (χ1v) is 9.01. The van der Waals surface area contributed by atoms with E-state index in [-0.39, 0.29) is 43.1 Å². The van der Waals surface area contributed by atoms with Gasteiger partial charge in [0, 0.05) is 37.4 Å². The van der Waals surface area contributed by atoms with Gasteiger partial charge in [-0.2, -0.15) is 13.2 Å². The fourth-order valence-corrected chi connectivity index (χ4v) is 3.23. The van der Waals surface area contributed by atoms with E-state index in [2.05, 4.69) is 0 Å². The minimum atomic E-state index is -4.67. The van der Waals surface area contributed by atoms with Crippen LogP contribution in [0.2, 0.25) is 0 Å². The lowest BCUT2D eigenvalue weighted by molar-refractivity contribution is -0.136. The molecule has 3 rings (SSSR count). The van der Waals surface area contributed by atoms with Gasteiger partial charge in [-0.3, -0.25) is 9.59 Å². The van der Waals surface area contributed by atoms with Gasteiger partial charge in [-0.1, -0.05) is 6.07 Å². The Balaban J connectivity index is 1.70. The number of nitrogen functional groups attached to an aromatic ring is 1. The van der Waals surface area contributed by atoms with Crippen LogP contribution in [0.25, 0.3) is 0 Å². The molecule has 2 aromatic rings. The lowest BCUT2D eigenvalue weighted by Crippen LogP contribution is -2.50. The second-order valence-corrected chi connectivity index (χ2v) is 6.71. The highest BCUT2D eigenvalue weighted by Crippen LogP contribution is 2.34. The molecule has 10 heteroatoms. The van der Waals surface area contributed by atoms with Crippen LogP contribution in [0.15, 0.2) is 36.4 Å². The molecule has 1 aliphatic rings. The molecule has 1 saturated heterocycles. The number of hydrogen-bond acceptors (Lipinski definition) is 4. The van der Waals surface area contributed by atoms with E-state index in [1.54, 1.807) is 0 Å². The first-order valence-electron chi connectivity index (χ1n) is 9.01. The summed E-state index contributed by atoms with van der Waals surface area (Å²) in [4.78, 5) is 28.0. The van der Waals surface area contributed by atoms with Crippen LogP contribution in [0, 0.1) is 5.82 Å². The molecule has 2 aromatic carbocycles. The summed E-state index contributed by atoms with van der Waals surface area (Å²) in [6.07, 6.45) is -4.67. The van der Waals surface area contributed by atoms with E-state index in [9.17, 15) is 27.2 Å². The number of benzene rings is 2. The lowest BCUT2D eigenvalue weighted by atomic mass is 10.1. The number of anilines is 1. The van der Waals surface area contributed by atoms with Crippen LogP contribution in [0.5, 0.6) is 5.75 Å². The number of ether oxygens (including phenoxy) is 1. The molecule has 0 atom stereocenters. The van der Waals surface area contributed by atoms with Crippen molar-refractivity contribution in [3.05, 3.63) is 58.9 Å². The van der Waals surface area contributed by atoms with E-state index in [0.29, 0.717) is 0 Å².